The molecule has 0 radical (unpaired) electrons. The lowest BCUT2D eigenvalue weighted by atomic mass is 10.1. The minimum absolute atomic E-state index is 0.0433. The first-order valence-electron chi connectivity index (χ1n) is 6.56. The zero-order chi connectivity index (χ0) is 15.5. The summed E-state index contributed by atoms with van der Waals surface area (Å²) in [4.78, 5) is 20.3. The number of aromatic nitrogens is 2. The zero-order valence-electron chi connectivity index (χ0n) is 11.4. The third-order valence-corrected chi connectivity index (χ3v) is 3.44. The van der Waals surface area contributed by atoms with Crippen molar-refractivity contribution in [2.24, 2.45) is 0 Å². The summed E-state index contributed by atoms with van der Waals surface area (Å²) in [6.07, 6.45) is 3.33. The van der Waals surface area contributed by atoms with Crippen molar-refractivity contribution >= 4 is 28.4 Å². The predicted molar refractivity (Wildman–Crippen MR) is 82.1 cm³/mol. The van der Waals surface area contributed by atoms with E-state index in [1.54, 1.807) is 30.6 Å². The van der Waals surface area contributed by atoms with Crippen molar-refractivity contribution in [1.29, 1.82) is 0 Å². The SMILES string of the molecule is O=C(NCc1cccnc1)c1cc2ccc(F)cc2nc1Cl. The quantitative estimate of drug-likeness (QED) is 0.754. The number of rotatable bonds is 3. The minimum Gasteiger partial charge on any atom is -0.348 e. The first-order chi connectivity index (χ1) is 10.6. The number of hydrogen-bond donors (Lipinski definition) is 1. The first-order valence-corrected chi connectivity index (χ1v) is 6.94. The van der Waals surface area contributed by atoms with Crippen LogP contribution in [-0.4, -0.2) is 15.9 Å². The van der Waals surface area contributed by atoms with Gasteiger partial charge in [0.15, 0.2) is 0 Å². The Labute approximate surface area is 131 Å². The number of carbonyl (C=O) groups is 1. The van der Waals surface area contributed by atoms with Gasteiger partial charge in [-0.15, -0.1) is 0 Å². The summed E-state index contributed by atoms with van der Waals surface area (Å²) in [5, 5.41) is 3.45. The van der Waals surface area contributed by atoms with E-state index in [1.807, 2.05) is 6.07 Å². The molecule has 1 N–H and O–H groups in total. The molecule has 0 saturated carbocycles. The second-order valence-electron chi connectivity index (χ2n) is 4.71. The number of pyridine rings is 2. The third kappa shape index (κ3) is 3.04. The standard InChI is InChI=1S/C16H11ClFN3O/c17-15-13(6-11-3-4-12(18)7-14(11)21-15)16(22)20-9-10-2-1-5-19-8-10/h1-8H,9H2,(H,20,22). The summed E-state index contributed by atoms with van der Waals surface area (Å²) in [6.45, 7) is 0.338. The molecule has 0 spiro atoms. The van der Waals surface area contributed by atoms with Crippen LogP contribution in [-0.2, 0) is 6.54 Å². The van der Waals surface area contributed by atoms with Crippen LogP contribution in [0.4, 0.5) is 4.39 Å². The minimum atomic E-state index is -0.398. The normalized spacial score (nSPS) is 10.6. The molecule has 110 valence electrons. The molecule has 0 saturated heterocycles. The van der Waals surface area contributed by atoms with Crippen LogP contribution in [0.5, 0.6) is 0 Å². The Bertz CT molecular complexity index is 839. The maximum absolute atomic E-state index is 13.2. The highest BCUT2D eigenvalue weighted by molar-refractivity contribution is 6.33. The summed E-state index contributed by atoms with van der Waals surface area (Å²) in [6, 6.07) is 9.40. The second-order valence-corrected chi connectivity index (χ2v) is 5.07. The molecule has 0 aliphatic carbocycles. The van der Waals surface area contributed by atoms with Gasteiger partial charge in [0.2, 0.25) is 0 Å². The first kappa shape index (κ1) is 14.4. The molecule has 4 nitrogen and oxygen atoms in total. The van der Waals surface area contributed by atoms with E-state index in [4.69, 9.17) is 11.6 Å². The highest BCUT2D eigenvalue weighted by atomic mass is 35.5. The Morgan fingerprint density at radius 2 is 2.14 bits per heavy atom. The van der Waals surface area contributed by atoms with Crippen LogP contribution in [0.1, 0.15) is 15.9 Å². The fourth-order valence-corrected chi connectivity index (χ4v) is 2.29. The Morgan fingerprint density at radius 1 is 1.27 bits per heavy atom. The van der Waals surface area contributed by atoms with Crippen LogP contribution in [0.25, 0.3) is 10.9 Å². The number of hydrogen-bond acceptors (Lipinski definition) is 3. The summed E-state index contributed by atoms with van der Waals surface area (Å²) in [5.41, 5.74) is 1.54. The van der Waals surface area contributed by atoms with Crippen molar-refractivity contribution in [3.05, 3.63) is 70.9 Å². The monoisotopic (exact) mass is 315 g/mol. The zero-order valence-corrected chi connectivity index (χ0v) is 12.1. The van der Waals surface area contributed by atoms with E-state index < -0.39 is 5.82 Å². The molecule has 0 fully saturated rings. The Hall–Kier alpha value is -2.53. The smallest absolute Gasteiger partial charge is 0.254 e. The fraction of sp³-hybridized carbons (Fsp3) is 0.0625. The Morgan fingerprint density at radius 3 is 2.91 bits per heavy atom. The van der Waals surface area contributed by atoms with Gasteiger partial charge < -0.3 is 5.32 Å². The van der Waals surface area contributed by atoms with Crippen LogP contribution in [0.3, 0.4) is 0 Å². The van der Waals surface area contributed by atoms with E-state index in [1.165, 1.54) is 12.1 Å². The number of fused-ring (bicyclic) bond motifs is 1. The van der Waals surface area contributed by atoms with Gasteiger partial charge in [-0.05, 0) is 29.8 Å². The van der Waals surface area contributed by atoms with Crippen molar-refractivity contribution in [3.8, 4) is 0 Å². The van der Waals surface area contributed by atoms with Gasteiger partial charge in [0.05, 0.1) is 11.1 Å². The molecule has 0 bridgehead atoms. The van der Waals surface area contributed by atoms with Crippen LogP contribution < -0.4 is 5.32 Å². The van der Waals surface area contributed by atoms with Gasteiger partial charge in [-0.25, -0.2) is 9.37 Å². The average molecular weight is 316 g/mol. The summed E-state index contributed by atoms with van der Waals surface area (Å²) >= 11 is 6.03. The molecule has 2 aromatic heterocycles. The number of nitrogens with one attached hydrogen (secondary N) is 1. The number of carbonyl (C=O) groups excluding carboxylic acids is 1. The van der Waals surface area contributed by atoms with E-state index in [2.05, 4.69) is 15.3 Å². The van der Waals surface area contributed by atoms with Crippen molar-refractivity contribution in [2.75, 3.05) is 0 Å². The fourth-order valence-electron chi connectivity index (χ4n) is 2.06. The maximum Gasteiger partial charge on any atom is 0.254 e. The Balaban J connectivity index is 1.84. The average Bonchev–Trinajstić information content (AvgIpc) is 2.53. The molecular formula is C16H11ClFN3O. The van der Waals surface area contributed by atoms with Gasteiger partial charge in [0, 0.05) is 30.4 Å². The van der Waals surface area contributed by atoms with Crippen molar-refractivity contribution in [2.45, 2.75) is 6.54 Å². The largest absolute Gasteiger partial charge is 0.348 e. The van der Waals surface area contributed by atoms with Crippen LogP contribution in [0, 0.1) is 5.82 Å². The molecule has 0 unspecified atom stereocenters. The summed E-state index contributed by atoms with van der Waals surface area (Å²) in [5.74, 6) is -0.738. The molecular weight excluding hydrogens is 305 g/mol. The molecule has 1 amide bonds. The lowest BCUT2D eigenvalue weighted by Gasteiger charge is -2.08. The molecule has 1 aromatic carbocycles. The molecule has 2 heterocycles. The second kappa shape index (κ2) is 6.07. The van der Waals surface area contributed by atoms with Crippen LogP contribution >= 0.6 is 11.6 Å². The number of benzene rings is 1. The lowest BCUT2D eigenvalue weighted by Crippen LogP contribution is -2.23. The number of halogens is 2. The predicted octanol–water partition coefficient (Wildman–Crippen LogP) is 3.35. The highest BCUT2D eigenvalue weighted by Crippen LogP contribution is 2.21. The van der Waals surface area contributed by atoms with Gasteiger partial charge in [-0.3, -0.25) is 9.78 Å². The van der Waals surface area contributed by atoms with E-state index >= 15 is 0 Å². The van der Waals surface area contributed by atoms with Gasteiger partial charge in [-0.2, -0.15) is 0 Å². The lowest BCUT2D eigenvalue weighted by molar-refractivity contribution is 0.0951. The van der Waals surface area contributed by atoms with Gasteiger partial charge in [0.25, 0.3) is 5.91 Å². The maximum atomic E-state index is 13.2. The summed E-state index contributed by atoms with van der Waals surface area (Å²) < 4.78 is 13.2. The topological polar surface area (TPSA) is 54.9 Å². The van der Waals surface area contributed by atoms with E-state index in [0.717, 1.165) is 5.56 Å². The van der Waals surface area contributed by atoms with E-state index in [0.29, 0.717) is 17.4 Å². The molecule has 3 rings (SSSR count). The molecule has 6 heteroatoms. The number of amides is 1. The third-order valence-electron chi connectivity index (χ3n) is 3.15. The van der Waals surface area contributed by atoms with E-state index in [-0.39, 0.29) is 16.6 Å². The van der Waals surface area contributed by atoms with Crippen molar-refractivity contribution < 1.29 is 9.18 Å². The number of nitrogens with zero attached hydrogens (tertiary/aromatic N) is 2. The Kier molecular flexibility index (Phi) is 3.98. The molecule has 0 atom stereocenters. The van der Waals surface area contributed by atoms with E-state index in [9.17, 15) is 9.18 Å². The van der Waals surface area contributed by atoms with Crippen molar-refractivity contribution in [1.82, 2.24) is 15.3 Å². The molecule has 0 aliphatic rings. The van der Waals surface area contributed by atoms with Crippen LogP contribution in [0.15, 0.2) is 48.8 Å². The van der Waals surface area contributed by atoms with Gasteiger partial charge >= 0.3 is 0 Å². The molecule has 0 aliphatic heterocycles. The van der Waals surface area contributed by atoms with Crippen molar-refractivity contribution in [3.63, 3.8) is 0 Å². The van der Waals surface area contributed by atoms with Crippen LogP contribution in [0.2, 0.25) is 5.15 Å². The molecule has 3 aromatic rings. The van der Waals surface area contributed by atoms with Gasteiger partial charge in [-0.1, -0.05) is 17.7 Å². The summed E-state index contributed by atoms with van der Waals surface area (Å²) in [7, 11) is 0. The van der Waals surface area contributed by atoms with Gasteiger partial charge in [0.1, 0.15) is 11.0 Å². The highest BCUT2D eigenvalue weighted by Gasteiger charge is 2.13. The molecule has 22 heavy (non-hydrogen) atoms.